The van der Waals surface area contributed by atoms with Crippen LogP contribution in [0.4, 0.5) is 4.39 Å². The van der Waals surface area contributed by atoms with E-state index in [9.17, 15) is 12.8 Å². The van der Waals surface area contributed by atoms with Crippen LogP contribution in [0.2, 0.25) is 0 Å². The van der Waals surface area contributed by atoms with E-state index in [1.807, 2.05) is 13.8 Å². The van der Waals surface area contributed by atoms with Gasteiger partial charge in [-0.2, -0.15) is 4.31 Å². The summed E-state index contributed by atoms with van der Waals surface area (Å²) >= 11 is 3.13. The summed E-state index contributed by atoms with van der Waals surface area (Å²) in [4.78, 5) is -0.425. The first-order valence-corrected chi connectivity index (χ1v) is 8.43. The maximum Gasteiger partial charge on any atom is 0.246 e. The maximum atomic E-state index is 14.2. The molecule has 1 rings (SSSR count). The highest BCUT2D eigenvalue weighted by Gasteiger charge is 2.30. The largest absolute Gasteiger partial charge is 0.392 e. The van der Waals surface area contributed by atoms with Crippen LogP contribution in [-0.2, 0) is 16.6 Å². The topological polar surface area (TPSA) is 57.6 Å². The highest BCUT2D eigenvalue weighted by atomic mass is 79.9. The summed E-state index contributed by atoms with van der Waals surface area (Å²) < 4.78 is 40.8. The van der Waals surface area contributed by atoms with Crippen molar-refractivity contribution >= 4 is 26.0 Å². The Morgan fingerprint density at radius 1 is 1.35 bits per heavy atom. The zero-order chi connectivity index (χ0) is 15.7. The van der Waals surface area contributed by atoms with Crippen molar-refractivity contribution in [3.05, 3.63) is 28.0 Å². The summed E-state index contributed by atoms with van der Waals surface area (Å²) in [5, 5.41) is 9.10. The van der Waals surface area contributed by atoms with Crippen LogP contribution in [0.3, 0.4) is 0 Å². The lowest BCUT2D eigenvalue weighted by Gasteiger charge is -2.27. The molecule has 7 heteroatoms. The molecular formula is C13H19BrFNO3S. The van der Waals surface area contributed by atoms with Crippen molar-refractivity contribution in [3.8, 4) is 0 Å². The molecule has 0 amide bonds. The van der Waals surface area contributed by atoms with Crippen molar-refractivity contribution in [3.63, 3.8) is 0 Å². The lowest BCUT2D eigenvalue weighted by atomic mass is 10.1. The Kier molecular flexibility index (Phi) is 5.71. The van der Waals surface area contributed by atoms with Gasteiger partial charge < -0.3 is 5.11 Å². The van der Waals surface area contributed by atoms with Crippen LogP contribution >= 0.6 is 15.9 Å². The van der Waals surface area contributed by atoms with Gasteiger partial charge in [0.25, 0.3) is 0 Å². The normalized spacial score (nSPS) is 14.1. The van der Waals surface area contributed by atoms with Crippen LogP contribution in [0, 0.1) is 11.7 Å². The van der Waals surface area contributed by atoms with Gasteiger partial charge in [-0.15, -0.1) is 0 Å². The third-order valence-electron chi connectivity index (χ3n) is 3.45. The molecule has 4 nitrogen and oxygen atoms in total. The molecule has 1 atom stereocenters. The predicted octanol–water partition coefficient (Wildman–Crippen LogP) is 2.75. The molecule has 1 aromatic carbocycles. The van der Waals surface area contributed by atoms with Crippen molar-refractivity contribution < 1.29 is 17.9 Å². The second-order valence-electron chi connectivity index (χ2n) is 5.04. The van der Waals surface area contributed by atoms with E-state index in [1.165, 1.54) is 19.2 Å². The number of aliphatic hydroxyl groups excluding tert-OH is 1. The average Bonchev–Trinajstić information content (AvgIpc) is 2.38. The van der Waals surface area contributed by atoms with E-state index in [2.05, 4.69) is 15.9 Å². The Morgan fingerprint density at radius 3 is 2.35 bits per heavy atom. The SMILES string of the molecule is CC(C)C(C)N(C)S(=O)(=O)c1cc(Br)cc(CO)c1F. The standard InChI is InChI=1S/C13H19BrFNO3S/c1-8(2)9(3)16(4)20(18,19)12-6-11(14)5-10(7-17)13(12)15/h5-6,8-9,17H,7H2,1-4H3. The Hall–Kier alpha value is -0.500. The Bertz CT molecular complexity index is 590. The number of hydrogen-bond acceptors (Lipinski definition) is 3. The minimum atomic E-state index is -3.95. The average molecular weight is 368 g/mol. The van der Waals surface area contributed by atoms with Crippen LogP contribution in [0.1, 0.15) is 26.3 Å². The summed E-state index contributed by atoms with van der Waals surface area (Å²) in [7, 11) is -2.52. The third-order valence-corrected chi connectivity index (χ3v) is 5.85. The summed E-state index contributed by atoms with van der Waals surface area (Å²) in [5.74, 6) is -0.805. The van der Waals surface area contributed by atoms with Gasteiger partial charge in [0.2, 0.25) is 10.0 Å². The summed E-state index contributed by atoms with van der Waals surface area (Å²) in [6.45, 7) is 5.00. The van der Waals surface area contributed by atoms with Crippen molar-refractivity contribution in [2.24, 2.45) is 5.92 Å². The molecule has 0 saturated heterocycles. The number of benzene rings is 1. The van der Waals surface area contributed by atoms with Gasteiger partial charge >= 0.3 is 0 Å². The van der Waals surface area contributed by atoms with E-state index < -0.39 is 27.3 Å². The lowest BCUT2D eigenvalue weighted by Crippen LogP contribution is -2.38. The molecule has 114 valence electrons. The Balaban J connectivity index is 3.39. The van der Waals surface area contributed by atoms with E-state index in [-0.39, 0.29) is 17.5 Å². The molecule has 0 saturated carbocycles. The van der Waals surface area contributed by atoms with E-state index in [4.69, 9.17) is 5.11 Å². The van der Waals surface area contributed by atoms with Gasteiger partial charge in [0.05, 0.1) is 6.61 Å². The minimum Gasteiger partial charge on any atom is -0.392 e. The zero-order valence-corrected chi connectivity index (χ0v) is 14.3. The highest BCUT2D eigenvalue weighted by molar-refractivity contribution is 9.10. The number of sulfonamides is 1. The van der Waals surface area contributed by atoms with E-state index >= 15 is 0 Å². The number of nitrogens with zero attached hydrogens (tertiary/aromatic N) is 1. The fourth-order valence-electron chi connectivity index (χ4n) is 1.71. The molecule has 0 radical (unpaired) electrons. The van der Waals surface area contributed by atoms with E-state index in [0.29, 0.717) is 4.47 Å². The van der Waals surface area contributed by atoms with Gasteiger partial charge in [-0.1, -0.05) is 29.8 Å². The molecule has 1 N–H and O–H groups in total. The quantitative estimate of drug-likeness (QED) is 0.870. The van der Waals surface area contributed by atoms with Crippen LogP contribution < -0.4 is 0 Å². The first-order chi connectivity index (χ1) is 9.12. The molecule has 0 aliphatic rings. The van der Waals surface area contributed by atoms with Crippen LogP contribution in [0.5, 0.6) is 0 Å². The molecular weight excluding hydrogens is 349 g/mol. The van der Waals surface area contributed by atoms with E-state index in [1.54, 1.807) is 6.92 Å². The third kappa shape index (κ3) is 3.39. The van der Waals surface area contributed by atoms with Crippen molar-refractivity contribution in [2.75, 3.05) is 7.05 Å². The molecule has 0 bridgehead atoms. The van der Waals surface area contributed by atoms with Crippen molar-refractivity contribution in [1.29, 1.82) is 0 Å². The minimum absolute atomic E-state index is 0.0523. The van der Waals surface area contributed by atoms with Crippen LogP contribution in [-0.4, -0.2) is 30.9 Å². The number of halogens is 2. The monoisotopic (exact) mass is 367 g/mol. The Labute approximate surface area is 127 Å². The molecule has 0 aliphatic heterocycles. The first-order valence-electron chi connectivity index (χ1n) is 6.19. The van der Waals surface area contributed by atoms with Crippen LogP contribution in [0.25, 0.3) is 0 Å². The summed E-state index contributed by atoms with van der Waals surface area (Å²) in [5.41, 5.74) is -0.0523. The van der Waals surface area contributed by atoms with Gasteiger partial charge in [-0.3, -0.25) is 0 Å². The molecule has 0 spiro atoms. The van der Waals surface area contributed by atoms with Gasteiger partial charge in [-0.25, -0.2) is 12.8 Å². The number of aliphatic hydroxyl groups is 1. The molecule has 1 aromatic rings. The second-order valence-corrected chi connectivity index (χ2v) is 7.92. The number of hydrogen-bond donors (Lipinski definition) is 1. The molecule has 20 heavy (non-hydrogen) atoms. The first kappa shape index (κ1) is 17.6. The molecule has 0 aromatic heterocycles. The molecule has 0 aliphatic carbocycles. The van der Waals surface area contributed by atoms with Gasteiger partial charge in [0.15, 0.2) is 0 Å². The summed E-state index contributed by atoms with van der Waals surface area (Å²) in [6.07, 6.45) is 0. The number of rotatable bonds is 5. The van der Waals surface area contributed by atoms with Gasteiger partial charge in [-0.05, 0) is 25.0 Å². The molecule has 0 fully saturated rings. The van der Waals surface area contributed by atoms with Crippen molar-refractivity contribution in [1.82, 2.24) is 4.31 Å². The summed E-state index contributed by atoms with van der Waals surface area (Å²) in [6, 6.07) is 2.31. The highest BCUT2D eigenvalue weighted by Crippen LogP contribution is 2.28. The zero-order valence-electron chi connectivity index (χ0n) is 11.9. The Morgan fingerprint density at radius 2 is 1.90 bits per heavy atom. The van der Waals surface area contributed by atoms with Crippen molar-refractivity contribution in [2.45, 2.75) is 38.3 Å². The predicted molar refractivity (Wildman–Crippen MR) is 79.3 cm³/mol. The van der Waals surface area contributed by atoms with E-state index in [0.717, 1.165) is 4.31 Å². The second kappa shape index (κ2) is 6.51. The van der Waals surface area contributed by atoms with Gasteiger partial charge in [0, 0.05) is 23.1 Å². The fourth-order valence-corrected chi connectivity index (χ4v) is 4.00. The fraction of sp³-hybridized carbons (Fsp3) is 0.538. The smallest absolute Gasteiger partial charge is 0.246 e. The molecule has 1 unspecified atom stereocenters. The van der Waals surface area contributed by atoms with Crippen LogP contribution in [0.15, 0.2) is 21.5 Å². The molecule has 0 heterocycles. The van der Waals surface area contributed by atoms with Gasteiger partial charge in [0.1, 0.15) is 10.7 Å². The maximum absolute atomic E-state index is 14.2. The lowest BCUT2D eigenvalue weighted by molar-refractivity contribution is 0.274.